The SMILES string of the molecule is CN1CCC12CCCN(C(=O)OC(C)(C)C)C2. The van der Waals surface area contributed by atoms with E-state index in [2.05, 4.69) is 11.9 Å². The molecule has 98 valence electrons. The monoisotopic (exact) mass is 240 g/mol. The normalized spacial score (nSPS) is 30.2. The molecular weight excluding hydrogens is 216 g/mol. The molecule has 4 heteroatoms. The van der Waals surface area contributed by atoms with E-state index in [9.17, 15) is 4.79 Å². The van der Waals surface area contributed by atoms with Crippen molar-refractivity contribution < 1.29 is 9.53 Å². The predicted octanol–water partition coefficient (Wildman–Crippen LogP) is 2.09. The molecule has 2 saturated heterocycles. The number of piperidine rings is 1. The number of carbonyl (C=O) groups is 1. The Morgan fingerprint density at radius 2 is 1.94 bits per heavy atom. The smallest absolute Gasteiger partial charge is 0.410 e. The highest BCUT2D eigenvalue weighted by Gasteiger charge is 2.46. The average molecular weight is 240 g/mol. The summed E-state index contributed by atoms with van der Waals surface area (Å²) in [4.78, 5) is 16.3. The van der Waals surface area contributed by atoms with Crippen LogP contribution in [0.2, 0.25) is 0 Å². The Hall–Kier alpha value is -0.770. The number of likely N-dealkylation sites (N-methyl/N-ethyl adjacent to an activating group) is 1. The van der Waals surface area contributed by atoms with Gasteiger partial charge < -0.3 is 9.64 Å². The molecule has 2 fully saturated rings. The van der Waals surface area contributed by atoms with Gasteiger partial charge in [0.25, 0.3) is 0 Å². The van der Waals surface area contributed by atoms with E-state index in [-0.39, 0.29) is 11.6 Å². The maximum atomic E-state index is 12.0. The van der Waals surface area contributed by atoms with Crippen LogP contribution in [0.15, 0.2) is 0 Å². The third-order valence-corrected chi connectivity index (χ3v) is 3.93. The molecule has 1 amide bonds. The third-order valence-electron chi connectivity index (χ3n) is 3.93. The van der Waals surface area contributed by atoms with Crippen LogP contribution in [0, 0.1) is 0 Å². The highest BCUT2D eigenvalue weighted by atomic mass is 16.6. The fourth-order valence-corrected chi connectivity index (χ4v) is 2.76. The lowest BCUT2D eigenvalue weighted by Gasteiger charge is -2.55. The fourth-order valence-electron chi connectivity index (χ4n) is 2.76. The molecule has 0 saturated carbocycles. The molecule has 1 unspecified atom stereocenters. The molecule has 0 aliphatic carbocycles. The topological polar surface area (TPSA) is 32.8 Å². The molecule has 0 radical (unpaired) electrons. The summed E-state index contributed by atoms with van der Waals surface area (Å²) in [5.74, 6) is 0. The number of hydrogen-bond acceptors (Lipinski definition) is 3. The van der Waals surface area contributed by atoms with Gasteiger partial charge >= 0.3 is 6.09 Å². The highest BCUT2D eigenvalue weighted by Crippen LogP contribution is 2.37. The molecule has 0 aromatic rings. The summed E-state index contributed by atoms with van der Waals surface area (Å²) in [6.45, 7) is 8.57. The van der Waals surface area contributed by atoms with Crippen LogP contribution in [0.4, 0.5) is 4.79 Å². The van der Waals surface area contributed by atoms with Crippen molar-refractivity contribution in [1.82, 2.24) is 9.80 Å². The Morgan fingerprint density at radius 3 is 2.41 bits per heavy atom. The molecule has 0 aromatic carbocycles. The maximum Gasteiger partial charge on any atom is 0.410 e. The lowest BCUT2D eigenvalue weighted by atomic mass is 9.78. The van der Waals surface area contributed by atoms with E-state index in [0.717, 1.165) is 26.1 Å². The summed E-state index contributed by atoms with van der Waals surface area (Å²) in [7, 11) is 2.15. The number of carbonyl (C=O) groups excluding carboxylic acids is 1. The van der Waals surface area contributed by atoms with E-state index in [1.165, 1.54) is 12.8 Å². The Bertz CT molecular complexity index is 311. The molecule has 2 aliphatic heterocycles. The number of rotatable bonds is 0. The van der Waals surface area contributed by atoms with E-state index in [0.29, 0.717) is 0 Å². The van der Waals surface area contributed by atoms with Gasteiger partial charge in [0.15, 0.2) is 0 Å². The molecule has 2 rings (SSSR count). The van der Waals surface area contributed by atoms with Gasteiger partial charge in [0.2, 0.25) is 0 Å². The van der Waals surface area contributed by atoms with Gasteiger partial charge in [-0.25, -0.2) is 4.79 Å². The molecule has 4 nitrogen and oxygen atoms in total. The van der Waals surface area contributed by atoms with Gasteiger partial charge in [-0.05, 0) is 47.1 Å². The molecule has 0 aromatic heterocycles. The zero-order chi connectivity index (χ0) is 12.7. The van der Waals surface area contributed by atoms with Gasteiger partial charge in [-0.15, -0.1) is 0 Å². The van der Waals surface area contributed by atoms with Gasteiger partial charge in [0.1, 0.15) is 5.60 Å². The number of likely N-dealkylation sites (tertiary alicyclic amines) is 2. The second kappa shape index (κ2) is 4.16. The van der Waals surface area contributed by atoms with Crippen molar-refractivity contribution in [1.29, 1.82) is 0 Å². The van der Waals surface area contributed by atoms with Crippen LogP contribution in [0.3, 0.4) is 0 Å². The van der Waals surface area contributed by atoms with E-state index in [1.54, 1.807) is 0 Å². The summed E-state index contributed by atoms with van der Waals surface area (Å²) in [5, 5.41) is 0. The summed E-state index contributed by atoms with van der Waals surface area (Å²) in [5.41, 5.74) is -0.150. The van der Waals surface area contributed by atoms with Crippen molar-refractivity contribution in [2.75, 3.05) is 26.7 Å². The van der Waals surface area contributed by atoms with Crippen LogP contribution in [0.1, 0.15) is 40.0 Å². The van der Waals surface area contributed by atoms with Gasteiger partial charge in [0.05, 0.1) is 0 Å². The first kappa shape index (κ1) is 12.7. The van der Waals surface area contributed by atoms with Crippen molar-refractivity contribution in [2.24, 2.45) is 0 Å². The van der Waals surface area contributed by atoms with Crippen LogP contribution in [-0.2, 0) is 4.74 Å². The Kier molecular flexibility index (Phi) is 3.10. The molecule has 2 aliphatic rings. The molecular formula is C13H24N2O2. The van der Waals surface area contributed by atoms with E-state index < -0.39 is 5.60 Å². The first-order valence-electron chi connectivity index (χ1n) is 6.52. The first-order valence-corrected chi connectivity index (χ1v) is 6.52. The zero-order valence-corrected chi connectivity index (χ0v) is 11.5. The van der Waals surface area contributed by atoms with Crippen LogP contribution in [0.25, 0.3) is 0 Å². The molecule has 2 heterocycles. The van der Waals surface area contributed by atoms with Crippen molar-refractivity contribution >= 4 is 6.09 Å². The highest BCUT2D eigenvalue weighted by molar-refractivity contribution is 5.68. The first-order chi connectivity index (χ1) is 7.82. The second-order valence-electron chi connectivity index (χ2n) is 6.40. The van der Waals surface area contributed by atoms with Crippen LogP contribution < -0.4 is 0 Å². The van der Waals surface area contributed by atoms with Crippen molar-refractivity contribution in [3.63, 3.8) is 0 Å². The summed E-state index contributed by atoms with van der Waals surface area (Å²) >= 11 is 0. The number of amides is 1. The fraction of sp³-hybridized carbons (Fsp3) is 0.923. The van der Waals surface area contributed by atoms with Gasteiger partial charge in [0, 0.05) is 25.2 Å². The Morgan fingerprint density at radius 1 is 1.24 bits per heavy atom. The van der Waals surface area contributed by atoms with Crippen LogP contribution >= 0.6 is 0 Å². The summed E-state index contributed by atoms with van der Waals surface area (Å²) in [6, 6.07) is 0. The third kappa shape index (κ3) is 2.57. The van der Waals surface area contributed by atoms with Crippen molar-refractivity contribution in [2.45, 2.75) is 51.2 Å². The van der Waals surface area contributed by atoms with E-state index >= 15 is 0 Å². The number of nitrogens with zero attached hydrogens (tertiary/aromatic N) is 2. The molecule has 0 bridgehead atoms. The molecule has 1 spiro atoms. The second-order valence-corrected chi connectivity index (χ2v) is 6.40. The quantitative estimate of drug-likeness (QED) is 0.650. The largest absolute Gasteiger partial charge is 0.444 e. The Labute approximate surface area is 104 Å². The minimum Gasteiger partial charge on any atom is -0.444 e. The zero-order valence-electron chi connectivity index (χ0n) is 11.5. The van der Waals surface area contributed by atoms with E-state index in [1.807, 2.05) is 25.7 Å². The van der Waals surface area contributed by atoms with Crippen LogP contribution in [0.5, 0.6) is 0 Å². The molecule has 1 atom stereocenters. The lowest BCUT2D eigenvalue weighted by Crippen LogP contribution is -2.66. The summed E-state index contributed by atoms with van der Waals surface area (Å²) in [6.07, 6.45) is 3.35. The summed E-state index contributed by atoms with van der Waals surface area (Å²) < 4.78 is 5.44. The van der Waals surface area contributed by atoms with Gasteiger partial charge in [-0.1, -0.05) is 0 Å². The predicted molar refractivity (Wildman–Crippen MR) is 67.0 cm³/mol. The minimum absolute atomic E-state index is 0.156. The van der Waals surface area contributed by atoms with E-state index in [4.69, 9.17) is 4.74 Å². The van der Waals surface area contributed by atoms with Gasteiger partial charge in [-0.2, -0.15) is 0 Å². The standard InChI is InChI=1S/C13H24N2O2/c1-12(2,3)17-11(16)15-8-5-6-13(10-15)7-9-14(13)4/h5-10H2,1-4H3. The van der Waals surface area contributed by atoms with Gasteiger partial charge in [-0.3, -0.25) is 4.90 Å². The van der Waals surface area contributed by atoms with Crippen molar-refractivity contribution in [3.8, 4) is 0 Å². The maximum absolute atomic E-state index is 12.0. The minimum atomic E-state index is -0.396. The Balaban J connectivity index is 1.96. The average Bonchev–Trinajstić information content (AvgIpc) is 2.25. The molecule has 17 heavy (non-hydrogen) atoms. The van der Waals surface area contributed by atoms with Crippen molar-refractivity contribution in [3.05, 3.63) is 0 Å². The number of ether oxygens (including phenoxy) is 1. The number of hydrogen-bond donors (Lipinski definition) is 0. The molecule has 0 N–H and O–H groups in total. The lowest BCUT2D eigenvalue weighted by molar-refractivity contribution is -0.0545. The van der Waals surface area contributed by atoms with Crippen LogP contribution in [-0.4, -0.2) is 53.7 Å².